The van der Waals surface area contributed by atoms with Crippen LogP contribution < -0.4 is 53.2 Å². The topological polar surface area (TPSA) is 247 Å². The van der Waals surface area contributed by atoms with E-state index in [1.807, 2.05) is 0 Å². The van der Waals surface area contributed by atoms with Gasteiger partial charge in [-0.25, -0.2) is 0 Å². The summed E-state index contributed by atoms with van der Waals surface area (Å²) in [6, 6.07) is 0.313. The minimum Gasteiger partial charge on any atom is -0.353 e. The van der Waals surface area contributed by atoms with Crippen LogP contribution in [-0.4, -0.2) is 115 Å². The predicted molar refractivity (Wildman–Crippen MR) is 137 cm³/mol. The zero-order valence-corrected chi connectivity index (χ0v) is 23.1. The molecule has 8 atom stereocenters. The van der Waals surface area contributed by atoms with E-state index in [2.05, 4.69) is 53.2 Å². The molecular formula is C18H42N10O8S2. The maximum atomic E-state index is 11.0. The fourth-order valence-corrected chi connectivity index (χ4v) is 5.31. The smallest absolute Gasteiger partial charge is 0.266 e. The second-order valence-electron chi connectivity index (χ2n) is 9.34. The molecule has 0 bridgehead atoms. The number of hydrogen-bond donors (Lipinski definition) is 12. The standard InChI is InChI=1S/C18H42N10O8S2/c1-35-17-25-13(19-6-8-37(29,30)31)23-15(27-17)21-11-4-3-5-12(10-11)22-16-24-14(26-18(28-16)36-2)20-7-9-38(32,33)34/h11-28H,3-10H2,1-2H3,(H,29,30,31)(H,32,33,34). The van der Waals surface area contributed by atoms with Gasteiger partial charge in [-0.2, -0.15) is 16.8 Å². The lowest BCUT2D eigenvalue weighted by atomic mass is 9.91. The van der Waals surface area contributed by atoms with E-state index in [9.17, 15) is 16.8 Å². The quantitative estimate of drug-likeness (QED) is 0.0846. The molecule has 0 aromatic rings. The highest BCUT2D eigenvalue weighted by atomic mass is 32.2. The van der Waals surface area contributed by atoms with Crippen molar-refractivity contribution >= 4 is 20.2 Å². The second-order valence-corrected chi connectivity index (χ2v) is 12.5. The van der Waals surface area contributed by atoms with Crippen LogP contribution in [0.15, 0.2) is 0 Å². The summed E-state index contributed by atoms with van der Waals surface area (Å²) in [5, 5.41) is 32.2. The van der Waals surface area contributed by atoms with Crippen LogP contribution in [0.4, 0.5) is 0 Å². The Morgan fingerprint density at radius 1 is 0.684 bits per heavy atom. The first-order chi connectivity index (χ1) is 17.9. The van der Waals surface area contributed by atoms with E-state index in [4.69, 9.17) is 18.6 Å². The lowest BCUT2D eigenvalue weighted by Crippen LogP contribution is -2.76. The SMILES string of the molecule is COC1NC(NCCS(=O)(=O)O)NC(NC2CCCC(NC3NC(NCCS(=O)(=O)O)NC(OC)N3)C2)N1. The van der Waals surface area contributed by atoms with E-state index in [1.165, 1.54) is 0 Å². The Morgan fingerprint density at radius 3 is 1.45 bits per heavy atom. The van der Waals surface area contributed by atoms with Crippen LogP contribution in [-0.2, 0) is 29.7 Å². The van der Waals surface area contributed by atoms with Gasteiger partial charge < -0.3 is 9.47 Å². The highest BCUT2D eigenvalue weighted by molar-refractivity contribution is 7.86. The molecule has 2 saturated heterocycles. The van der Waals surface area contributed by atoms with Crippen LogP contribution in [0.25, 0.3) is 0 Å². The molecule has 1 saturated carbocycles. The zero-order valence-electron chi connectivity index (χ0n) is 21.4. The number of hydrogen-bond acceptors (Lipinski definition) is 16. The van der Waals surface area contributed by atoms with Crippen molar-refractivity contribution < 1.29 is 35.4 Å². The number of nitrogens with one attached hydrogen (secondary N) is 10. The van der Waals surface area contributed by atoms with Gasteiger partial charge in [-0.1, -0.05) is 6.42 Å². The third-order valence-electron chi connectivity index (χ3n) is 6.31. The minimum absolute atomic E-state index is 0.0481. The second kappa shape index (κ2) is 14.8. The number of rotatable bonds is 14. The lowest BCUT2D eigenvalue weighted by molar-refractivity contribution is -0.0280. The Kier molecular flexibility index (Phi) is 12.4. The first kappa shape index (κ1) is 31.9. The summed E-state index contributed by atoms with van der Waals surface area (Å²) in [5.74, 6) is -0.822. The molecular weight excluding hydrogens is 548 g/mol. The van der Waals surface area contributed by atoms with Gasteiger partial charge in [0.2, 0.25) is 0 Å². The molecule has 2 aliphatic heterocycles. The van der Waals surface area contributed by atoms with Crippen LogP contribution in [0.2, 0.25) is 0 Å². The zero-order chi connectivity index (χ0) is 27.8. The van der Waals surface area contributed by atoms with Crippen molar-refractivity contribution in [2.45, 2.75) is 75.6 Å². The van der Waals surface area contributed by atoms with Gasteiger partial charge in [-0.15, -0.1) is 0 Å². The molecule has 0 radical (unpaired) electrons. The molecule has 8 unspecified atom stereocenters. The maximum Gasteiger partial charge on any atom is 0.266 e. The average molecular weight is 591 g/mol. The van der Waals surface area contributed by atoms with E-state index in [0.29, 0.717) is 0 Å². The van der Waals surface area contributed by atoms with E-state index in [-0.39, 0.29) is 37.8 Å². The Balaban J connectivity index is 1.48. The van der Waals surface area contributed by atoms with Crippen molar-refractivity contribution in [3.05, 3.63) is 0 Å². The van der Waals surface area contributed by atoms with Crippen LogP contribution in [0.5, 0.6) is 0 Å². The summed E-state index contributed by atoms with van der Waals surface area (Å²) in [4.78, 5) is 0. The summed E-state index contributed by atoms with van der Waals surface area (Å²) in [6.45, 7) is 0.0961. The first-order valence-electron chi connectivity index (χ1n) is 12.4. The highest BCUT2D eigenvalue weighted by Gasteiger charge is 2.32. The van der Waals surface area contributed by atoms with Crippen LogP contribution >= 0.6 is 0 Å². The summed E-state index contributed by atoms with van der Waals surface area (Å²) in [6.07, 6.45) is 1.14. The monoisotopic (exact) mass is 590 g/mol. The van der Waals surface area contributed by atoms with Gasteiger partial charge in [0.1, 0.15) is 25.2 Å². The summed E-state index contributed by atoms with van der Waals surface area (Å²) in [7, 11) is -5.05. The largest absolute Gasteiger partial charge is 0.353 e. The molecule has 0 aromatic heterocycles. The Bertz CT molecular complexity index is 860. The fraction of sp³-hybridized carbons (Fsp3) is 1.00. The van der Waals surface area contributed by atoms with Crippen molar-refractivity contribution in [2.24, 2.45) is 0 Å². The molecule has 18 nitrogen and oxygen atoms in total. The van der Waals surface area contributed by atoms with Gasteiger partial charge in [-0.05, 0) is 19.3 Å². The summed E-state index contributed by atoms with van der Waals surface area (Å²) >= 11 is 0. The van der Waals surface area contributed by atoms with Crippen LogP contribution in [0, 0.1) is 0 Å². The average Bonchev–Trinajstić information content (AvgIpc) is 2.82. The molecule has 224 valence electrons. The van der Waals surface area contributed by atoms with Crippen molar-refractivity contribution in [3.63, 3.8) is 0 Å². The lowest BCUT2D eigenvalue weighted by Gasteiger charge is -2.43. The normalized spacial score (nSPS) is 35.3. The molecule has 0 spiro atoms. The maximum absolute atomic E-state index is 11.0. The van der Waals surface area contributed by atoms with Gasteiger partial charge in [0.25, 0.3) is 20.2 Å². The van der Waals surface area contributed by atoms with E-state index < -0.39 is 57.0 Å². The van der Waals surface area contributed by atoms with Crippen molar-refractivity contribution in [2.75, 3.05) is 38.8 Å². The van der Waals surface area contributed by atoms with Gasteiger partial charge in [0.05, 0.1) is 11.5 Å². The van der Waals surface area contributed by atoms with Gasteiger partial charge in [-0.3, -0.25) is 62.3 Å². The van der Waals surface area contributed by atoms with Gasteiger partial charge in [0.15, 0.2) is 12.7 Å². The van der Waals surface area contributed by atoms with Crippen molar-refractivity contribution in [1.29, 1.82) is 0 Å². The molecule has 20 heteroatoms. The molecule has 2 heterocycles. The van der Waals surface area contributed by atoms with Gasteiger partial charge >= 0.3 is 0 Å². The third kappa shape index (κ3) is 11.8. The molecule has 1 aliphatic carbocycles. The Labute approximate surface area is 223 Å². The van der Waals surface area contributed by atoms with Crippen LogP contribution in [0.3, 0.4) is 0 Å². The summed E-state index contributed by atoms with van der Waals surface area (Å²) < 4.78 is 72.6. The third-order valence-corrected chi connectivity index (χ3v) is 7.75. The fourth-order valence-electron chi connectivity index (χ4n) is 4.56. The van der Waals surface area contributed by atoms with E-state index >= 15 is 0 Å². The first-order valence-corrected chi connectivity index (χ1v) is 15.7. The molecule has 12 N–H and O–H groups in total. The molecule has 0 aromatic carbocycles. The number of methoxy groups -OCH3 is 2. The molecule has 3 rings (SSSR count). The van der Waals surface area contributed by atoms with E-state index in [0.717, 1.165) is 25.7 Å². The molecule has 38 heavy (non-hydrogen) atoms. The number of ether oxygens (including phenoxy) is 2. The minimum atomic E-state index is -4.07. The molecule has 3 fully saturated rings. The van der Waals surface area contributed by atoms with Crippen molar-refractivity contribution in [1.82, 2.24) is 53.2 Å². The summed E-state index contributed by atoms with van der Waals surface area (Å²) in [5.41, 5.74) is 0. The molecule has 3 aliphatic rings. The highest BCUT2D eigenvalue weighted by Crippen LogP contribution is 2.19. The van der Waals surface area contributed by atoms with Gasteiger partial charge in [0, 0.05) is 39.4 Å². The Hall–Kier alpha value is -0.660. The van der Waals surface area contributed by atoms with E-state index in [1.54, 1.807) is 14.2 Å². The van der Waals surface area contributed by atoms with Crippen molar-refractivity contribution in [3.8, 4) is 0 Å². The van der Waals surface area contributed by atoms with Crippen LogP contribution in [0.1, 0.15) is 25.7 Å². The predicted octanol–water partition coefficient (Wildman–Crippen LogP) is -5.01. The molecule has 0 amide bonds. The Morgan fingerprint density at radius 2 is 1.08 bits per heavy atom.